The van der Waals surface area contributed by atoms with Crippen molar-refractivity contribution in [2.75, 3.05) is 0 Å². The van der Waals surface area contributed by atoms with Gasteiger partial charge in [-0.3, -0.25) is 4.79 Å². The highest BCUT2D eigenvalue weighted by atomic mass is 19.4. The van der Waals surface area contributed by atoms with Gasteiger partial charge in [-0.2, -0.15) is 13.2 Å². The molecule has 0 aromatic heterocycles. The van der Waals surface area contributed by atoms with Crippen LogP contribution in [0.25, 0.3) is 0 Å². The van der Waals surface area contributed by atoms with Gasteiger partial charge in [0, 0.05) is 12.3 Å². The summed E-state index contributed by atoms with van der Waals surface area (Å²) < 4.78 is 37.7. The first-order chi connectivity index (χ1) is 8.38. The molecule has 1 nitrogen and oxygen atoms in total. The number of alkyl halides is 3. The van der Waals surface area contributed by atoms with Crippen LogP contribution in [-0.2, 0) is 17.4 Å². The first-order valence-electron chi connectivity index (χ1n) is 6.07. The van der Waals surface area contributed by atoms with E-state index in [-0.39, 0.29) is 17.6 Å². The molecule has 0 aliphatic heterocycles. The van der Waals surface area contributed by atoms with E-state index in [4.69, 9.17) is 0 Å². The molecule has 1 fully saturated rings. The summed E-state index contributed by atoms with van der Waals surface area (Å²) in [7, 11) is 0. The summed E-state index contributed by atoms with van der Waals surface area (Å²) >= 11 is 0. The molecular formula is C14H15F3O. The molecule has 2 atom stereocenters. The fourth-order valence-corrected chi connectivity index (χ4v) is 2.52. The summed E-state index contributed by atoms with van der Waals surface area (Å²) in [5.74, 6) is 0.382. The Kier molecular flexibility index (Phi) is 3.46. The van der Waals surface area contributed by atoms with E-state index in [9.17, 15) is 18.0 Å². The van der Waals surface area contributed by atoms with Gasteiger partial charge < -0.3 is 0 Å². The molecule has 18 heavy (non-hydrogen) atoms. The molecule has 0 spiro atoms. The highest BCUT2D eigenvalue weighted by molar-refractivity contribution is 5.83. The number of halogens is 3. The third-order valence-corrected chi connectivity index (χ3v) is 3.73. The minimum Gasteiger partial charge on any atom is -0.299 e. The Hall–Kier alpha value is -1.32. The molecule has 0 N–H and O–H groups in total. The second-order valence-corrected chi connectivity index (χ2v) is 4.96. The normalized spacial score (nSPS) is 24.6. The van der Waals surface area contributed by atoms with Gasteiger partial charge in [0.25, 0.3) is 0 Å². The Balaban J connectivity index is 2.13. The predicted octanol–water partition coefficient (Wildman–Crippen LogP) is 3.86. The molecule has 1 saturated carbocycles. The van der Waals surface area contributed by atoms with Gasteiger partial charge in [0.05, 0.1) is 5.56 Å². The SMILES string of the molecule is CC1C(=O)CCC1Cc1cccc(C(F)(F)F)c1. The maximum Gasteiger partial charge on any atom is 0.416 e. The predicted molar refractivity (Wildman–Crippen MR) is 62.0 cm³/mol. The van der Waals surface area contributed by atoms with Gasteiger partial charge in [-0.25, -0.2) is 0 Å². The van der Waals surface area contributed by atoms with Crippen LogP contribution in [0.3, 0.4) is 0 Å². The van der Waals surface area contributed by atoms with Crippen molar-refractivity contribution in [1.29, 1.82) is 0 Å². The zero-order valence-electron chi connectivity index (χ0n) is 10.1. The highest BCUT2D eigenvalue weighted by Crippen LogP contribution is 2.33. The topological polar surface area (TPSA) is 17.1 Å². The van der Waals surface area contributed by atoms with Crippen molar-refractivity contribution in [1.82, 2.24) is 0 Å². The molecule has 0 heterocycles. The minimum absolute atomic E-state index is 0.0282. The molecule has 1 aliphatic carbocycles. The van der Waals surface area contributed by atoms with Gasteiger partial charge in [0.15, 0.2) is 0 Å². The summed E-state index contributed by atoms with van der Waals surface area (Å²) in [6.07, 6.45) is -2.40. The molecule has 2 unspecified atom stereocenters. The zero-order chi connectivity index (χ0) is 13.3. The van der Waals surface area contributed by atoms with Gasteiger partial charge in [0.1, 0.15) is 5.78 Å². The molecule has 4 heteroatoms. The third-order valence-electron chi connectivity index (χ3n) is 3.73. The number of benzene rings is 1. The first kappa shape index (κ1) is 13.1. The molecule has 0 saturated heterocycles. The van der Waals surface area contributed by atoms with Crippen molar-refractivity contribution in [3.63, 3.8) is 0 Å². The number of Topliss-reactive ketones (excluding diaryl/α,β-unsaturated/α-hetero) is 1. The summed E-state index contributed by atoms with van der Waals surface area (Å²) in [5, 5.41) is 0. The van der Waals surface area contributed by atoms with Crippen LogP contribution in [0.5, 0.6) is 0 Å². The zero-order valence-corrected chi connectivity index (χ0v) is 10.1. The third kappa shape index (κ3) is 2.74. The Labute approximate surface area is 104 Å². The van der Waals surface area contributed by atoms with E-state index >= 15 is 0 Å². The van der Waals surface area contributed by atoms with Crippen LogP contribution in [0, 0.1) is 11.8 Å². The van der Waals surface area contributed by atoms with Gasteiger partial charge in [0.2, 0.25) is 0 Å². The van der Waals surface area contributed by atoms with Crippen LogP contribution < -0.4 is 0 Å². The summed E-state index contributed by atoms with van der Waals surface area (Å²) in [5.41, 5.74) is 0.0494. The summed E-state index contributed by atoms with van der Waals surface area (Å²) in [6.45, 7) is 1.87. The van der Waals surface area contributed by atoms with Crippen molar-refractivity contribution < 1.29 is 18.0 Å². The van der Waals surface area contributed by atoms with E-state index < -0.39 is 11.7 Å². The standard InChI is InChI=1S/C14H15F3O/c1-9-11(5-6-13(9)18)7-10-3-2-4-12(8-10)14(15,16)17/h2-4,8-9,11H,5-7H2,1H3. The van der Waals surface area contributed by atoms with E-state index in [0.717, 1.165) is 12.5 Å². The monoisotopic (exact) mass is 256 g/mol. The average Bonchev–Trinajstić information content (AvgIpc) is 2.60. The fourth-order valence-electron chi connectivity index (χ4n) is 2.52. The number of hydrogen-bond donors (Lipinski definition) is 0. The number of ketones is 1. The molecule has 0 bridgehead atoms. The van der Waals surface area contributed by atoms with Crippen LogP contribution in [0.2, 0.25) is 0 Å². The van der Waals surface area contributed by atoms with Crippen molar-refractivity contribution in [2.24, 2.45) is 11.8 Å². The maximum atomic E-state index is 12.6. The molecule has 98 valence electrons. The lowest BCUT2D eigenvalue weighted by Crippen LogP contribution is -2.13. The quantitative estimate of drug-likeness (QED) is 0.785. The van der Waals surface area contributed by atoms with Crippen molar-refractivity contribution >= 4 is 5.78 Å². The van der Waals surface area contributed by atoms with E-state index in [0.29, 0.717) is 18.4 Å². The molecule has 2 rings (SSSR count). The van der Waals surface area contributed by atoms with E-state index in [1.54, 1.807) is 6.07 Å². The Morgan fingerprint density at radius 3 is 2.61 bits per heavy atom. The number of carbonyl (C=O) groups excluding carboxylic acids is 1. The summed E-state index contributed by atoms with van der Waals surface area (Å²) in [6, 6.07) is 5.40. The molecule has 1 aromatic carbocycles. The van der Waals surface area contributed by atoms with Crippen molar-refractivity contribution in [3.8, 4) is 0 Å². The Bertz CT molecular complexity index is 451. The first-order valence-corrected chi connectivity index (χ1v) is 6.07. The lowest BCUT2D eigenvalue weighted by molar-refractivity contribution is -0.137. The summed E-state index contributed by atoms with van der Waals surface area (Å²) in [4.78, 5) is 11.4. The van der Waals surface area contributed by atoms with Crippen molar-refractivity contribution in [2.45, 2.75) is 32.4 Å². The molecule has 1 aliphatic rings. The van der Waals surface area contributed by atoms with Crippen LogP contribution in [0.4, 0.5) is 13.2 Å². The van der Waals surface area contributed by atoms with Crippen molar-refractivity contribution in [3.05, 3.63) is 35.4 Å². The molecule has 1 aromatic rings. The van der Waals surface area contributed by atoms with Crippen LogP contribution in [0.15, 0.2) is 24.3 Å². The van der Waals surface area contributed by atoms with Gasteiger partial charge >= 0.3 is 6.18 Å². The van der Waals surface area contributed by atoms with Gasteiger partial charge in [-0.15, -0.1) is 0 Å². The molecular weight excluding hydrogens is 241 g/mol. The fraction of sp³-hybridized carbons (Fsp3) is 0.500. The maximum absolute atomic E-state index is 12.6. The average molecular weight is 256 g/mol. The lowest BCUT2D eigenvalue weighted by atomic mass is 9.90. The van der Waals surface area contributed by atoms with Crippen LogP contribution in [0.1, 0.15) is 30.9 Å². The second kappa shape index (κ2) is 4.75. The number of rotatable bonds is 2. The lowest BCUT2D eigenvalue weighted by Gasteiger charge is -2.15. The van der Waals surface area contributed by atoms with Crippen LogP contribution in [-0.4, -0.2) is 5.78 Å². The minimum atomic E-state index is -4.30. The Morgan fingerprint density at radius 1 is 1.33 bits per heavy atom. The van der Waals surface area contributed by atoms with Crippen LogP contribution >= 0.6 is 0 Å². The molecule has 0 radical (unpaired) electrons. The van der Waals surface area contributed by atoms with E-state index in [2.05, 4.69) is 0 Å². The van der Waals surface area contributed by atoms with E-state index in [1.165, 1.54) is 12.1 Å². The highest BCUT2D eigenvalue weighted by Gasteiger charge is 2.33. The smallest absolute Gasteiger partial charge is 0.299 e. The van der Waals surface area contributed by atoms with Gasteiger partial charge in [-0.05, 0) is 30.4 Å². The van der Waals surface area contributed by atoms with E-state index in [1.807, 2.05) is 6.92 Å². The number of carbonyl (C=O) groups is 1. The Morgan fingerprint density at radius 2 is 2.06 bits per heavy atom. The number of hydrogen-bond acceptors (Lipinski definition) is 1. The van der Waals surface area contributed by atoms with Gasteiger partial charge in [-0.1, -0.05) is 25.1 Å². The molecule has 0 amide bonds. The second-order valence-electron chi connectivity index (χ2n) is 4.96. The largest absolute Gasteiger partial charge is 0.416 e.